The highest BCUT2D eigenvalue weighted by Crippen LogP contribution is 2.19. The molecule has 0 aliphatic carbocycles. The fourth-order valence-electron chi connectivity index (χ4n) is 1.25. The first-order valence-electron chi connectivity index (χ1n) is 5.03. The molecule has 0 fully saturated rings. The van der Waals surface area contributed by atoms with Gasteiger partial charge in [-0.15, -0.1) is 0 Å². The van der Waals surface area contributed by atoms with Crippen molar-refractivity contribution >= 4 is 5.78 Å². The van der Waals surface area contributed by atoms with Gasteiger partial charge in [-0.3, -0.25) is 4.79 Å². The first-order chi connectivity index (χ1) is 7.29. The average Bonchev–Trinajstić information content (AvgIpc) is 2.29. The van der Waals surface area contributed by atoms with Crippen LogP contribution in [0.4, 0.5) is 0 Å². The fraction of sp³-hybridized carbons (Fsp3) is 0.417. The van der Waals surface area contributed by atoms with Crippen LogP contribution in [0, 0.1) is 0 Å². The number of methoxy groups -OCH3 is 1. The van der Waals surface area contributed by atoms with E-state index in [0.29, 0.717) is 30.9 Å². The van der Waals surface area contributed by atoms with Gasteiger partial charge in [0.2, 0.25) is 0 Å². The van der Waals surface area contributed by atoms with Gasteiger partial charge >= 0.3 is 0 Å². The Balaban J connectivity index is 2.73. The van der Waals surface area contributed by atoms with E-state index in [9.17, 15) is 4.79 Å². The summed E-state index contributed by atoms with van der Waals surface area (Å²) < 4.78 is 10.3. The molecule has 0 bridgehead atoms. The van der Waals surface area contributed by atoms with E-state index in [1.54, 1.807) is 19.2 Å². The van der Waals surface area contributed by atoms with Crippen LogP contribution in [0.2, 0.25) is 0 Å². The number of hydrogen-bond acceptors (Lipinski definition) is 3. The highest BCUT2D eigenvalue weighted by Gasteiger charge is 2.09. The first kappa shape index (κ1) is 11.7. The number of ketones is 1. The Kier molecular flexibility index (Phi) is 4.84. The van der Waals surface area contributed by atoms with E-state index in [1.807, 2.05) is 19.1 Å². The van der Waals surface area contributed by atoms with Crippen molar-refractivity contribution in [2.45, 2.75) is 13.3 Å². The van der Waals surface area contributed by atoms with Crippen molar-refractivity contribution in [2.24, 2.45) is 0 Å². The van der Waals surface area contributed by atoms with Gasteiger partial charge in [0, 0.05) is 13.5 Å². The van der Waals surface area contributed by atoms with E-state index in [0.717, 1.165) is 0 Å². The fourth-order valence-corrected chi connectivity index (χ4v) is 1.25. The molecule has 0 saturated heterocycles. The monoisotopic (exact) mass is 208 g/mol. The molecule has 82 valence electrons. The second-order valence-electron chi connectivity index (χ2n) is 3.11. The Bertz CT molecular complexity index is 320. The zero-order valence-electron chi connectivity index (χ0n) is 9.16. The summed E-state index contributed by atoms with van der Waals surface area (Å²) in [5, 5.41) is 0. The zero-order chi connectivity index (χ0) is 11.1. The molecule has 15 heavy (non-hydrogen) atoms. The highest BCUT2D eigenvalue weighted by atomic mass is 16.5. The number of ether oxygens (including phenoxy) is 2. The Morgan fingerprint density at radius 2 is 2.00 bits per heavy atom. The molecule has 0 aliphatic rings. The standard InChI is InChI=1S/C12H16O3/c1-3-11(13)10-6-4-5-7-12(10)15-9-8-14-2/h4-7H,3,8-9H2,1-2H3. The Hall–Kier alpha value is -1.35. The van der Waals surface area contributed by atoms with Crippen LogP contribution >= 0.6 is 0 Å². The topological polar surface area (TPSA) is 35.5 Å². The summed E-state index contributed by atoms with van der Waals surface area (Å²) >= 11 is 0. The quantitative estimate of drug-likeness (QED) is 0.531. The third-order valence-electron chi connectivity index (χ3n) is 2.05. The van der Waals surface area contributed by atoms with Crippen LogP contribution in [-0.2, 0) is 4.74 Å². The number of hydrogen-bond donors (Lipinski definition) is 0. The smallest absolute Gasteiger partial charge is 0.166 e. The van der Waals surface area contributed by atoms with Crippen LogP contribution < -0.4 is 4.74 Å². The molecule has 0 aromatic heterocycles. The summed E-state index contributed by atoms with van der Waals surface area (Å²) in [6.07, 6.45) is 0.491. The van der Waals surface area contributed by atoms with Crippen molar-refractivity contribution in [1.82, 2.24) is 0 Å². The average molecular weight is 208 g/mol. The molecule has 0 amide bonds. The third kappa shape index (κ3) is 3.36. The van der Waals surface area contributed by atoms with Crippen molar-refractivity contribution in [3.63, 3.8) is 0 Å². The maximum Gasteiger partial charge on any atom is 0.166 e. The van der Waals surface area contributed by atoms with Gasteiger partial charge in [0.05, 0.1) is 12.2 Å². The Morgan fingerprint density at radius 1 is 1.27 bits per heavy atom. The maximum absolute atomic E-state index is 11.6. The van der Waals surface area contributed by atoms with Crippen molar-refractivity contribution in [3.8, 4) is 5.75 Å². The van der Waals surface area contributed by atoms with Crippen molar-refractivity contribution < 1.29 is 14.3 Å². The summed E-state index contributed by atoms with van der Waals surface area (Å²) in [4.78, 5) is 11.6. The third-order valence-corrected chi connectivity index (χ3v) is 2.05. The molecule has 1 aromatic rings. The summed E-state index contributed by atoms with van der Waals surface area (Å²) in [5.41, 5.74) is 0.649. The van der Waals surface area contributed by atoms with E-state index in [2.05, 4.69) is 0 Å². The van der Waals surface area contributed by atoms with Crippen molar-refractivity contribution in [2.75, 3.05) is 20.3 Å². The zero-order valence-corrected chi connectivity index (χ0v) is 9.16. The molecule has 0 N–H and O–H groups in total. The highest BCUT2D eigenvalue weighted by molar-refractivity contribution is 5.98. The minimum absolute atomic E-state index is 0.100. The first-order valence-corrected chi connectivity index (χ1v) is 5.03. The van der Waals surface area contributed by atoms with Gasteiger partial charge in [-0.2, -0.15) is 0 Å². The van der Waals surface area contributed by atoms with Crippen LogP contribution in [0.15, 0.2) is 24.3 Å². The second kappa shape index (κ2) is 6.19. The van der Waals surface area contributed by atoms with Gasteiger partial charge in [-0.05, 0) is 12.1 Å². The number of carbonyl (C=O) groups excluding carboxylic acids is 1. The lowest BCUT2D eigenvalue weighted by Crippen LogP contribution is -2.08. The lowest BCUT2D eigenvalue weighted by atomic mass is 10.1. The van der Waals surface area contributed by atoms with Gasteiger partial charge in [0.25, 0.3) is 0 Å². The number of rotatable bonds is 6. The van der Waals surface area contributed by atoms with E-state index < -0.39 is 0 Å². The Morgan fingerprint density at radius 3 is 2.67 bits per heavy atom. The van der Waals surface area contributed by atoms with Gasteiger partial charge < -0.3 is 9.47 Å². The van der Waals surface area contributed by atoms with E-state index >= 15 is 0 Å². The molecule has 0 unspecified atom stereocenters. The summed E-state index contributed by atoms with van der Waals surface area (Å²) in [5.74, 6) is 0.740. The number of benzene rings is 1. The molecular weight excluding hydrogens is 192 g/mol. The van der Waals surface area contributed by atoms with Crippen molar-refractivity contribution in [1.29, 1.82) is 0 Å². The molecule has 1 rings (SSSR count). The molecule has 0 saturated carbocycles. The van der Waals surface area contributed by atoms with Crippen molar-refractivity contribution in [3.05, 3.63) is 29.8 Å². The van der Waals surface area contributed by atoms with Crippen LogP contribution in [0.25, 0.3) is 0 Å². The molecule has 0 heterocycles. The van der Waals surface area contributed by atoms with Gasteiger partial charge in [-0.25, -0.2) is 0 Å². The number of para-hydroxylation sites is 1. The van der Waals surface area contributed by atoms with Gasteiger partial charge in [0.15, 0.2) is 5.78 Å². The predicted molar refractivity (Wildman–Crippen MR) is 58.4 cm³/mol. The summed E-state index contributed by atoms with van der Waals surface area (Å²) in [6, 6.07) is 7.28. The number of Topliss-reactive ketones (excluding diaryl/α,β-unsaturated/α-hetero) is 1. The molecule has 0 atom stereocenters. The van der Waals surface area contributed by atoms with Crippen LogP contribution in [0.5, 0.6) is 5.75 Å². The predicted octanol–water partition coefficient (Wildman–Crippen LogP) is 2.30. The molecule has 0 radical (unpaired) electrons. The molecule has 3 nitrogen and oxygen atoms in total. The Labute approximate surface area is 90.0 Å². The number of carbonyl (C=O) groups is 1. The minimum Gasteiger partial charge on any atom is -0.490 e. The second-order valence-corrected chi connectivity index (χ2v) is 3.11. The summed E-state index contributed by atoms with van der Waals surface area (Å²) in [7, 11) is 1.62. The van der Waals surface area contributed by atoms with E-state index in [1.165, 1.54) is 0 Å². The van der Waals surface area contributed by atoms with Crippen LogP contribution in [0.3, 0.4) is 0 Å². The van der Waals surface area contributed by atoms with Gasteiger partial charge in [-0.1, -0.05) is 19.1 Å². The van der Waals surface area contributed by atoms with E-state index in [4.69, 9.17) is 9.47 Å². The summed E-state index contributed by atoms with van der Waals surface area (Å²) in [6.45, 7) is 2.83. The lowest BCUT2D eigenvalue weighted by Gasteiger charge is -2.09. The lowest BCUT2D eigenvalue weighted by molar-refractivity contribution is 0.0980. The normalized spacial score (nSPS) is 10.0. The molecule has 0 aliphatic heterocycles. The van der Waals surface area contributed by atoms with E-state index in [-0.39, 0.29) is 5.78 Å². The molecule has 3 heteroatoms. The van der Waals surface area contributed by atoms with Crippen LogP contribution in [0.1, 0.15) is 23.7 Å². The molecule has 1 aromatic carbocycles. The largest absolute Gasteiger partial charge is 0.490 e. The molecule has 0 spiro atoms. The van der Waals surface area contributed by atoms with Gasteiger partial charge in [0.1, 0.15) is 12.4 Å². The molecular formula is C12H16O3. The minimum atomic E-state index is 0.100. The van der Waals surface area contributed by atoms with Crippen LogP contribution in [-0.4, -0.2) is 26.1 Å². The maximum atomic E-state index is 11.6. The SMILES string of the molecule is CCC(=O)c1ccccc1OCCOC.